The summed E-state index contributed by atoms with van der Waals surface area (Å²) in [4.78, 5) is 8.90. The van der Waals surface area contributed by atoms with Gasteiger partial charge in [0, 0.05) is 35.6 Å². The van der Waals surface area contributed by atoms with Crippen LogP contribution in [0, 0.1) is 0 Å². The molecular formula is C17H26N4. The van der Waals surface area contributed by atoms with Gasteiger partial charge in [-0.3, -0.25) is 4.57 Å². The van der Waals surface area contributed by atoms with Crippen LogP contribution in [0.4, 0.5) is 0 Å². The van der Waals surface area contributed by atoms with Crippen LogP contribution in [0.15, 0.2) is 30.9 Å². The van der Waals surface area contributed by atoms with E-state index in [0.29, 0.717) is 0 Å². The van der Waals surface area contributed by atoms with E-state index in [1.54, 1.807) is 12.5 Å². The molecule has 4 nitrogen and oxygen atoms in total. The number of hydrogen-bond donors (Lipinski definition) is 1. The van der Waals surface area contributed by atoms with E-state index in [9.17, 15) is 0 Å². The molecule has 0 atom stereocenters. The Hall–Kier alpha value is -1.68. The van der Waals surface area contributed by atoms with Gasteiger partial charge in [0.2, 0.25) is 0 Å². The van der Waals surface area contributed by atoms with E-state index >= 15 is 0 Å². The lowest BCUT2D eigenvalue weighted by molar-refractivity contribution is 0.423. The molecule has 0 unspecified atom stereocenters. The summed E-state index contributed by atoms with van der Waals surface area (Å²) in [7, 11) is 0. The molecule has 0 aliphatic carbocycles. The fourth-order valence-electron chi connectivity index (χ4n) is 1.95. The van der Waals surface area contributed by atoms with Gasteiger partial charge in [0.15, 0.2) is 0 Å². The van der Waals surface area contributed by atoms with Gasteiger partial charge in [0.1, 0.15) is 12.1 Å². The average Bonchev–Trinajstić information content (AvgIpc) is 2.88. The molecule has 1 N–H and O–H groups in total. The normalized spacial score (nSPS) is 12.7. The van der Waals surface area contributed by atoms with Gasteiger partial charge in [0.05, 0.1) is 0 Å². The summed E-state index contributed by atoms with van der Waals surface area (Å²) in [6.07, 6.45) is 5.49. The Morgan fingerprint density at radius 2 is 1.81 bits per heavy atom. The van der Waals surface area contributed by atoms with Crippen molar-refractivity contribution in [3.05, 3.63) is 42.1 Å². The van der Waals surface area contributed by atoms with Crippen LogP contribution < -0.4 is 5.32 Å². The van der Waals surface area contributed by atoms with Crippen LogP contribution in [0.1, 0.15) is 52.8 Å². The van der Waals surface area contributed by atoms with Crippen LogP contribution in [0.3, 0.4) is 0 Å². The first-order chi connectivity index (χ1) is 9.65. The topological polar surface area (TPSA) is 42.7 Å². The zero-order valence-electron chi connectivity index (χ0n) is 13.9. The molecular weight excluding hydrogens is 260 g/mol. The quantitative estimate of drug-likeness (QED) is 0.939. The fourth-order valence-corrected chi connectivity index (χ4v) is 1.95. The van der Waals surface area contributed by atoms with Crippen LogP contribution >= 0.6 is 0 Å². The number of rotatable bonds is 3. The van der Waals surface area contributed by atoms with E-state index < -0.39 is 0 Å². The maximum atomic E-state index is 4.79. The Kier molecular flexibility index (Phi) is 4.19. The highest BCUT2D eigenvalue weighted by Gasteiger charge is 2.18. The molecule has 2 aromatic heterocycles. The first-order valence-corrected chi connectivity index (χ1v) is 7.40. The van der Waals surface area contributed by atoms with Gasteiger partial charge in [-0.15, -0.1) is 0 Å². The summed E-state index contributed by atoms with van der Waals surface area (Å²) in [5.41, 5.74) is 2.46. The molecule has 0 aliphatic heterocycles. The van der Waals surface area contributed by atoms with Gasteiger partial charge >= 0.3 is 0 Å². The van der Waals surface area contributed by atoms with Crippen molar-refractivity contribution in [1.82, 2.24) is 19.9 Å². The average molecular weight is 286 g/mol. The second kappa shape index (κ2) is 5.60. The molecule has 21 heavy (non-hydrogen) atoms. The highest BCUT2D eigenvalue weighted by atomic mass is 15.1. The van der Waals surface area contributed by atoms with Crippen LogP contribution in [0.2, 0.25) is 0 Å². The van der Waals surface area contributed by atoms with Gasteiger partial charge in [-0.2, -0.15) is 0 Å². The maximum absolute atomic E-state index is 4.79. The van der Waals surface area contributed by atoms with Crippen LogP contribution in [-0.2, 0) is 12.0 Å². The lowest BCUT2D eigenvalue weighted by atomic mass is 9.90. The molecule has 0 fully saturated rings. The number of nitrogens with zero attached hydrogens (tertiary/aromatic N) is 3. The minimum atomic E-state index is 0.0209. The third-order valence-electron chi connectivity index (χ3n) is 3.23. The monoisotopic (exact) mass is 286 g/mol. The number of aromatic nitrogens is 3. The number of nitrogens with one attached hydrogen (secondary N) is 1. The molecule has 114 valence electrons. The van der Waals surface area contributed by atoms with E-state index in [-0.39, 0.29) is 11.0 Å². The van der Waals surface area contributed by atoms with Crippen LogP contribution in [-0.4, -0.2) is 20.1 Å². The van der Waals surface area contributed by atoms with Crippen LogP contribution in [0.25, 0.3) is 5.82 Å². The molecule has 2 rings (SSSR count). The predicted molar refractivity (Wildman–Crippen MR) is 86.7 cm³/mol. The van der Waals surface area contributed by atoms with Crippen molar-refractivity contribution in [3.8, 4) is 5.82 Å². The van der Waals surface area contributed by atoms with E-state index in [0.717, 1.165) is 18.1 Å². The van der Waals surface area contributed by atoms with Crippen LogP contribution in [0.5, 0.6) is 0 Å². The van der Waals surface area contributed by atoms with Gasteiger partial charge in [-0.1, -0.05) is 20.8 Å². The molecule has 0 aliphatic rings. The smallest absolute Gasteiger partial charge is 0.138 e. The summed E-state index contributed by atoms with van der Waals surface area (Å²) in [5, 5.41) is 3.54. The third kappa shape index (κ3) is 4.39. The van der Waals surface area contributed by atoms with Crippen molar-refractivity contribution in [1.29, 1.82) is 0 Å². The number of imidazole rings is 1. The standard InChI is InChI=1S/C17H26N4/c1-16(2,3)14-9-13(11-19-17(4,5)6)10-15(20-14)21-8-7-18-12-21/h7-10,12,19H,11H2,1-6H3. The molecule has 0 spiro atoms. The second-order valence-corrected chi connectivity index (χ2v) is 7.54. The molecule has 0 aromatic carbocycles. The third-order valence-corrected chi connectivity index (χ3v) is 3.23. The molecule has 0 saturated carbocycles. The second-order valence-electron chi connectivity index (χ2n) is 7.54. The Labute approximate surface area is 127 Å². The van der Waals surface area contributed by atoms with Gasteiger partial charge in [-0.25, -0.2) is 9.97 Å². The van der Waals surface area contributed by atoms with Gasteiger partial charge < -0.3 is 5.32 Å². The molecule has 0 amide bonds. The Morgan fingerprint density at radius 1 is 1.10 bits per heavy atom. The summed E-state index contributed by atoms with van der Waals surface area (Å²) in [6, 6.07) is 4.31. The van der Waals surface area contributed by atoms with Gasteiger partial charge in [0.25, 0.3) is 0 Å². The number of hydrogen-bond acceptors (Lipinski definition) is 3. The summed E-state index contributed by atoms with van der Waals surface area (Å²) in [5.74, 6) is 0.922. The predicted octanol–water partition coefficient (Wildman–Crippen LogP) is 3.45. The van der Waals surface area contributed by atoms with Crippen molar-refractivity contribution < 1.29 is 0 Å². The lowest BCUT2D eigenvalue weighted by Crippen LogP contribution is -2.35. The fraction of sp³-hybridized carbons (Fsp3) is 0.529. The maximum Gasteiger partial charge on any atom is 0.138 e. The highest BCUT2D eigenvalue weighted by Crippen LogP contribution is 2.23. The van der Waals surface area contributed by atoms with E-state index in [1.807, 2.05) is 10.8 Å². The van der Waals surface area contributed by atoms with Crippen molar-refractivity contribution in [2.45, 2.75) is 59.0 Å². The Bertz CT molecular complexity index is 586. The molecule has 0 radical (unpaired) electrons. The Morgan fingerprint density at radius 3 is 2.33 bits per heavy atom. The lowest BCUT2D eigenvalue weighted by Gasteiger charge is -2.23. The first-order valence-electron chi connectivity index (χ1n) is 7.40. The largest absolute Gasteiger partial charge is 0.308 e. The van der Waals surface area contributed by atoms with E-state index in [1.165, 1.54) is 5.56 Å². The molecule has 4 heteroatoms. The summed E-state index contributed by atoms with van der Waals surface area (Å²) < 4.78 is 1.95. The highest BCUT2D eigenvalue weighted by molar-refractivity contribution is 5.33. The minimum absolute atomic E-state index is 0.0209. The van der Waals surface area contributed by atoms with Crippen molar-refractivity contribution in [3.63, 3.8) is 0 Å². The van der Waals surface area contributed by atoms with Crippen molar-refractivity contribution in [2.75, 3.05) is 0 Å². The van der Waals surface area contributed by atoms with E-state index in [2.05, 4.69) is 64.0 Å². The molecule has 2 aromatic rings. The number of pyridine rings is 1. The minimum Gasteiger partial charge on any atom is -0.308 e. The zero-order valence-corrected chi connectivity index (χ0v) is 13.9. The Balaban J connectivity index is 2.38. The van der Waals surface area contributed by atoms with Crippen molar-refractivity contribution in [2.24, 2.45) is 0 Å². The molecule has 2 heterocycles. The van der Waals surface area contributed by atoms with Gasteiger partial charge in [-0.05, 0) is 38.5 Å². The SMILES string of the molecule is CC(C)(C)NCc1cc(-n2ccnc2)nc(C(C)(C)C)c1. The first kappa shape index (κ1) is 15.7. The van der Waals surface area contributed by atoms with Crippen molar-refractivity contribution >= 4 is 0 Å². The summed E-state index contributed by atoms with van der Waals surface area (Å²) >= 11 is 0. The molecule has 0 saturated heterocycles. The van der Waals surface area contributed by atoms with E-state index in [4.69, 9.17) is 4.98 Å². The molecule has 0 bridgehead atoms. The summed E-state index contributed by atoms with van der Waals surface area (Å²) in [6.45, 7) is 13.9. The zero-order chi connectivity index (χ0) is 15.7.